The first-order chi connectivity index (χ1) is 11.8. The molecular weight excluding hydrogens is 328 g/mol. The summed E-state index contributed by atoms with van der Waals surface area (Å²) in [6, 6.07) is 3.49. The topological polar surface area (TPSA) is 115 Å². The maximum atomic E-state index is 12.5. The highest BCUT2D eigenvalue weighted by Crippen LogP contribution is 2.28. The molecule has 138 valence electrons. The zero-order valence-electron chi connectivity index (χ0n) is 14.9. The third kappa shape index (κ3) is 5.71. The molecule has 0 aliphatic heterocycles. The first-order valence-corrected chi connectivity index (χ1v) is 8.08. The summed E-state index contributed by atoms with van der Waals surface area (Å²) in [4.78, 5) is 35.3. The predicted octanol–water partition coefficient (Wildman–Crippen LogP) is -0.0287. The van der Waals surface area contributed by atoms with Gasteiger partial charge in [0.2, 0.25) is 0 Å². The van der Waals surface area contributed by atoms with Crippen molar-refractivity contribution < 1.29 is 24.1 Å². The van der Waals surface area contributed by atoms with Gasteiger partial charge in [0.15, 0.2) is 12.6 Å². The Kier molecular flexibility index (Phi) is 7.80. The molecule has 0 aliphatic rings. The molecule has 0 saturated carbocycles. The zero-order chi connectivity index (χ0) is 19.0. The summed E-state index contributed by atoms with van der Waals surface area (Å²) in [5.41, 5.74) is 0.221. The van der Waals surface area contributed by atoms with E-state index in [1.165, 1.54) is 25.3 Å². The van der Waals surface area contributed by atoms with Crippen molar-refractivity contribution in [2.24, 2.45) is 0 Å². The van der Waals surface area contributed by atoms with Crippen LogP contribution < -0.4 is 20.3 Å². The number of anilines is 1. The first kappa shape index (κ1) is 20.4. The number of nitrogens with zero attached hydrogens (tertiary/aromatic N) is 1. The average Bonchev–Trinajstić information content (AvgIpc) is 2.59. The van der Waals surface area contributed by atoms with Crippen LogP contribution in [-0.4, -0.2) is 49.5 Å². The van der Waals surface area contributed by atoms with Gasteiger partial charge < -0.3 is 20.3 Å². The fourth-order valence-electron chi connectivity index (χ4n) is 2.37. The second kappa shape index (κ2) is 9.58. The molecule has 0 aromatic heterocycles. The van der Waals surface area contributed by atoms with Crippen LogP contribution in [0.4, 0.5) is 11.4 Å². The van der Waals surface area contributed by atoms with Crippen LogP contribution in [0.15, 0.2) is 18.2 Å². The molecule has 9 heteroatoms. The number of ether oxygens (including phenoxy) is 1. The third-order valence-electron chi connectivity index (χ3n) is 3.88. The van der Waals surface area contributed by atoms with E-state index in [-0.39, 0.29) is 29.8 Å². The largest absolute Gasteiger partial charge is 0.494 e. The number of non-ortho nitro benzene ring substituents is 1. The molecule has 1 aromatic carbocycles. The molecule has 1 unspecified atom stereocenters. The number of carbonyl (C=O) groups is 2. The Bertz CT molecular complexity index is 635. The molecule has 0 heterocycles. The zero-order valence-corrected chi connectivity index (χ0v) is 14.9. The van der Waals surface area contributed by atoms with E-state index in [0.29, 0.717) is 18.8 Å². The SMILES string of the molecule is CCNC(=O)C[NH+](CC)[C@H](C)C(=O)Nc1ccc([N+](=O)[O-])cc1OC. The lowest BCUT2D eigenvalue weighted by molar-refractivity contribution is -0.904. The van der Waals surface area contributed by atoms with Gasteiger partial charge in [-0.2, -0.15) is 0 Å². The Morgan fingerprint density at radius 2 is 2.04 bits per heavy atom. The minimum absolute atomic E-state index is 0.119. The number of hydrogen-bond acceptors (Lipinski definition) is 5. The maximum absolute atomic E-state index is 12.5. The van der Waals surface area contributed by atoms with E-state index in [1.807, 2.05) is 13.8 Å². The number of nitro benzene ring substituents is 1. The fraction of sp³-hybridized carbons (Fsp3) is 0.500. The number of nitro groups is 1. The molecular formula is C16H25N4O5+. The van der Waals surface area contributed by atoms with Crippen molar-refractivity contribution in [2.75, 3.05) is 32.1 Å². The summed E-state index contributed by atoms with van der Waals surface area (Å²) in [6.45, 7) is 6.78. The van der Waals surface area contributed by atoms with E-state index < -0.39 is 11.0 Å². The monoisotopic (exact) mass is 353 g/mol. The van der Waals surface area contributed by atoms with Crippen LogP contribution in [0.5, 0.6) is 5.75 Å². The van der Waals surface area contributed by atoms with Crippen LogP contribution in [0.1, 0.15) is 20.8 Å². The second-order valence-corrected chi connectivity index (χ2v) is 5.49. The highest BCUT2D eigenvalue weighted by molar-refractivity contribution is 5.95. The highest BCUT2D eigenvalue weighted by atomic mass is 16.6. The number of rotatable bonds is 9. The average molecular weight is 353 g/mol. The number of likely N-dealkylation sites (N-methyl/N-ethyl adjacent to an activating group) is 2. The van der Waals surface area contributed by atoms with Crippen LogP contribution >= 0.6 is 0 Å². The molecule has 25 heavy (non-hydrogen) atoms. The number of methoxy groups -OCH3 is 1. The molecule has 0 saturated heterocycles. The lowest BCUT2D eigenvalue weighted by Gasteiger charge is -2.23. The molecule has 0 radical (unpaired) electrons. The van der Waals surface area contributed by atoms with Gasteiger partial charge in [-0.25, -0.2) is 0 Å². The maximum Gasteiger partial charge on any atom is 0.282 e. The molecule has 2 amide bonds. The predicted molar refractivity (Wildman–Crippen MR) is 92.8 cm³/mol. The number of carbonyl (C=O) groups excluding carboxylic acids is 2. The molecule has 0 spiro atoms. The Hall–Kier alpha value is -2.68. The lowest BCUT2D eigenvalue weighted by Crippen LogP contribution is -3.17. The molecule has 3 N–H and O–H groups in total. The normalized spacial score (nSPS) is 12.8. The molecule has 2 atom stereocenters. The van der Waals surface area contributed by atoms with Gasteiger partial charge in [0, 0.05) is 12.6 Å². The van der Waals surface area contributed by atoms with Crippen molar-refractivity contribution in [1.82, 2.24) is 5.32 Å². The van der Waals surface area contributed by atoms with E-state index in [4.69, 9.17) is 4.74 Å². The smallest absolute Gasteiger partial charge is 0.282 e. The van der Waals surface area contributed by atoms with Gasteiger partial charge in [-0.1, -0.05) is 0 Å². The van der Waals surface area contributed by atoms with Crippen molar-refractivity contribution in [3.63, 3.8) is 0 Å². The number of nitrogens with one attached hydrogen (secondary N) is 3. The van der Waals surface area contributed by atoms with Gasteiger partial charge in [0.1, 0.15) is 5.75 Å². The lowest BCUT2D eigenvalue weighted by atomic mass is 10.2. The van der Waals surface area contributed by atoms with Gasteiger partial charge in [-0.3, -0.25) is 19.7 Å². The number of benzene rings is 1. The molecule has 0 bridgehead atoms. The van der Waals surface area contributed by atoms with Crippen molar-refractivity contribution in [3.05, 3.63) is 28.3 Å². The van der Waals surface area contributed by atoms with Crippen molar-refractivity contribution >= 4 is 23.2 Å². The minimum atomic E-state index is -0.536. The van der Waals surface area contributed by atoms with Gasteiger partial charge in [-0.05, 0) is 26.8 Å². The quantitative estimate of drug-likeness (QED) is 0.426. The van der Waals surface area contributed by atoms with Crippen LogP contribution in [0.3, 0.4) is 0 Å². The Balaban J connectivity index is 2.86. The van der Waals surface area contributed by atoms with Crippen LogP contribution in [0.25, 0.3) is 0 Å². The fourth-order valence-corrected chi connectivity index (χ4v) is 2.37. The van der Waals surface area contributed by atoms with E-state index in [1.54, 1.807) is 6.92 Å². The van der Waals surface area contributed by atoms with Crippen molar-refractivity contribution in [3.8, 4) is 5.75 Å². The second-order valence-electron chi connectivity index (χ2n) is 5.49. The van der Waals surface area contributed by atoms with Gasteiger partial charge in [0.05, 0.1) is 30.3 Å². The minimum Gasteiger partial charge on any atom is -0.494 e. The van der Waals surface area contributed by atoms with Gasteiger partial charge >= 0.3 is 0 Å². The van der Waals surface area contributed by atoms with Crippen molar-refractivity contribution in [1.29, 1.82) is 0 Å². The molecule has 1 rings (SSSR count). The van der Waals surface area contributed by atoms with E-state index in [9.17, 15) is 19.7 Å². The Labute approximate surface area is 146 Å². The highest BCUT2D eigenvalue weighted by Gasteiger charge is 2.26. The number of hydrogen-bond donors (Lipinski definition) is 3. The molecule has 0 fully saturated rings. The third-order valence-corrected chi connectivity index (χ3v) is 3.88. The van der Waals surface area contributed by atoms with Crippen molar-refractivity contribution in [2.45, 2.75) is 26.8 Å². The summed E-state index contributed by atoms with van der Waals surface area (Å²) in [6.07, 6.45) is 0. The van der Waals surface area contributed by atoms with E-state index in [0.717, 1.165) is 4.90 Å². The summed E-state index contributed by atoms with van der Waals surface area (Å²) in [5.74, 6) is -0.211. The van der Waals surface area contributed by atoms with Crippen LogP contribution in [0, 0.1) is 10.1 Å². The standard InChI is InChI=1S/C16H24N4O5/c1-5-17-15(21)10-19(6-2)11(3)16(22)18-13-8-7-12(20(23)24)9-14(13)25-4/h7-9,11H,5-6,10H2,1-4H3,(H,17,21)(H,18,22)/p+1/t11-/m1/s1. The summed E-state index contributed by atoms with van der Waals surface area (Å²) in [5, 5.41) is 16.2. The first-order valence-electron chi connectivity index (χ1n) is 8.08. The van der Waals surface area contributed by atoms with Crippen LogP contribution in [-0.2, 0) is 9.59 Å². The van der Waals surface area contributed by atoms with Gasteiger partial charge in [-0.15, -0.1) is 0 Å². The molecule has 9 nitrogen and oxygen atoms in total. The number of amides is 2. The van der Waals surface area contributed by atoms with E-state index >= 15 is 0 Å². The van der Waals surface area contributed by atoms with E-state index in [2.05, 4.69) is 10.6 Å². The van der Waals surface area contributed by atoms with Crippen LogP contribution in [0.2, 0.25) is 0 Å². The summed E-state index contributed by atoms with van der Waals surface area (Å²) >= 11 is 0. The molecule has 0 aliphatic carbocycles. The Morgan fingerprint density at radius 1 is 1.36 bits per heavy atom. The summed E-state index contributed by atoms with van der Waals surface area (Å²) < 4.78 is 5.11. The molecule has 1 aromatic rings. The number of quaternary nitrogens is 1. The summed E-state index contributed by atoms with van der Waals surface area (Å²) in [7, 11) is 1.37. The Morgan fingerprint density at radius 3 is 2.56 bits per heavy atom. The van der Waals surface area contributed by atoms with Gasteiger partial charge in [0.25, 0.3) is 17.5 Å².